The van der Waals surface area contributed by atoms with Gasteiger partial charge in [-0.15, -0.1) is 0 Å². The molecule has 5 heteroatoms. The van der Waals surface area contributed by atoms with Crippen LogP contribution in [0.1, 0.15) is 23.7 Å². The van der Waals surface area contributed by atoms with Gasteiger partial charge in [0.05, 0.1) is 5.69 Å². The first kappa shape index (κ1) is 14.1. The average Bonchev–Trinajstić information content (AvgIpc) is 3.01. The summed E-state index contributed by atoms with van der Waals surface area (Å²) in [5, 5.41) is 7.83. The molecule has 1 aromatic heterocycles. The summed E-state index contributed by atoms with van der Waals surface area (Å²) >= 11 is 0. The number of nitrogens with zero attached hydrogens (tertiary/aromatic N) is 2. The number of hydrogen-bond donors (Lipinski definition) is 1. The first-order chi connectivity index (χ1) is 10.2. The number of hydrogen-bond acceptors (Lipinski definition) is 3. The number of fused-ring (bicyclic) bond motifs is 1. The van der Waals surface area contributed by atoms with Gasteiger partial charge in [0.15, 0.2) is 0 Å². The van der Waals surface area contributed by atoms with Crippen LogP contribution in [0.25, 0.3) is 0 Å². The molecule has 1 aromatic carbocycles. The van der Waals surface area contributed by atoms with Crippen LogP contribution in [0, 0.1) is 5.82 Å². The smallest absolute Gasteiger partial charge is 0.123 e. The SMILES string of the molecule is CCc1nn(C)cc1CNCC1Cc2cc(F)ccc2O1. The van der Waals surface area contributed by atoms with E-state index in [1.165, 1.54) is 11.6 Å². The summed E-state index contributed by atoms with van der Waals surface area (Å²) in [5.41, 5.74) is 3.31. The molecule has 112 valence electrons. The van der Waals surface area contributed by atoms with E-state index in [2.05, 4.69) is 17.3 Å². The lowest BCUT2D eigenvalue weighted by atomic mass is 10.1. The van der Waals surface area contributed by atoms with Crippen LogP contribution in [0.3, 0.4) is 0 Å². The predicted octanol–water partition coefficient (Wildman–Crippen LogP) is 2.21. The van der Waals surface area contributed by atoms with Crippen molar-refractivity contribution in [3.63, 3.8) is 0 Å². The van der Waals surface area contributed by atoms with Gasteiger partial charge in [-0.05, 0) is 24.6 Å². The third-order valence-electron chi connectivity index (χ3n) is 3.78. The topological polar surface area (TPSA) is 39.1 Å². The molecule has 1 unspecified atom stereocenters. The highest BCUT2D eigenvalue weighted by Crippen LogP contribution is 2.28. The van der Waals surface area contributed by atoms with Gasteiger partial charge in [-0.3, -0.25) is 4.68 Å². The van der Waals surface area contributed by atoms with Crippen molar-refractivity contribution in [1.29, 1.82) is 0 Å². The highest BCUT2D eigenvalue weighted by Gasteiger charge is 2.22. The van der Waals surface area contributed by atoms with E-state index in [0.717, 1.165) is 42.9 Å². The number of aromatic nitrogens is 2. The molecule has 1 N–H and O–H groups in total. The Hall–Kier alpha value is -1.88. The molecular weight excluding hydrogens is 269 g/mol. The molecule has 2 aromatic rings. The standard InChI is InChI=1S/C16H20FN3O/c1-3-15-12(10-20(2)19-15)8-18-9-14-7-11-6-13(17)4-5-16(11)21-14/h4-6,10,14,18H,3,7-9H2,1-2H3. The van der Waals surface area contributed by atoms with E-state index in [1.54, 1.807) is 12.1 Å². The van der Waals surface area contributed by atoms with Gasteiger partial charge in [0.25, 0.3) is 0 Å². The monoisotopic (exact) mass is 289 g/mol. The Balaban J connectivity index is 1.53. The van der Waals surface area contributed by atoms with Gasteiger partial charge in [0, 0.05) is 43.9 Å². The number of halogens is 1. The maximum atomic E-state index is 13.2. The molecule has 21 heavy (non-hydrogen) atoms. The minimum atomic E-state index is -0.200. The molecule has 3 rings (SSSR count). The van der Waals surface area contributed by atoms with Crippen LogP contribution < -0.4 is 10.1 Å². The molecule has 0 bridgehead atoms. The molecule has 0 amide bonds. The van der Waals surface area contributed by atoms with Gasteiger partial charge in [0.2, 0.25) is 0 Å². The van der Waals surface area contributed by atoms with Gasteiger partial charge < -0.3 is 10.1 Å². The Morgan fingerprint density at radius 2 is 2.33 bits per heavy atom. The van der Waals surface area contributed by atoms with Crippen molar-refractivity contribution in [3.8, 4) is 5.75 Å². The summed E-state index contributed by atoms with van der Waals surface area (Å²) in [4.78, 5) is 0. The Morgan fingerprint density at radius 1 is 1.48 bits per heavy atom. The van der Waals surface area contributed by atoms with Crippen molar-refractivity contribution in [2.24, 2.45) is 7.05 Å². The third-order valence-corrected chi connectivity index (χ3v) is 3.78. The second kappa shape index (κ2) is 5.85. The fraction of sp³-hybridized carbons (Fsp3) is 0.438. The Bertz CT molecular complexity index is 638. The van der Waals surface area contributed by atoms with Gasteiger partial charge in [-0.25, -0.2) is 4.39 Å². The van der Waals surface area contributed by atoms with Crippen LogP contribution in [0.15, 0.2) is 24.4 Å². The molecule has 0 aliphatic carbocycles. The molecular formula is C16H20FN3O. The molecule has 0 fully saturated rings. The zero-order valence-electron chi connectivity index (χ0n) is 12.4. The van der Waals surface area contributed by atoms with E-state index in [9.17, 15) is 4.39 Å². The van der Waals surface area contributed by atoms with Crippen LogP contribution in [0.4, 0.5) is 4.39 Å². The van der Waals surface area contributed by atoms with Gasteiger partial charge in [-0.1, -0.05) is 6.92 Å². The fourth-order valence-corrected chi connectivity index (χ4v) is 2.80. The van der Waals surface area contributed by atoms with E-state index in [1.807, 2.05) is 17.9 Å². The van der Waals surface area contributed by atoms with Crippen molar-refractivity contribution >= 4 is 0 Å². The van der Waals surface area contributed by atoms with Crippen molar-refractivity contribution in [2.75, 3.05) is 6.54 Å². The summed E-state index contributed by atoms with van der Waals surface area (Å²) in [5.74, 6) is 0.604. The number of ether oxygens (including phenoxy) is 1. The minimum absolute atomic E-state index is 0.0727. The lowest BCUT2D eigenvalue weighted by Gasteiger charge is -2.11. The molecule has 0 spiro atoms. The van der Waals surface area contributed by atoms with Crippen LogP contribution in [0.5, 0.6) is 5.75 Å². The third kappa shape index (κ3) is 3.08. The summed E-state index contributed by atoms with van der Waals surface area (Å²) in [6.07, 6.45) is 3.81. The second-order valence-electron chi connectivity index (χ2n) is 5.46. The Kier molecular flexibility index (Phi) is 3.92. The van der Waals surface area contributed by atoms with Crippen LogP contribution >= 0.6 is 0 Å². The van der Waals surface area contributed by atoms with Crippen molar-refractivity contribution in [3.05, 3.63) is 47.0 Å². The fourth-order valence-electron chi connectivity index (χ4n) is 2.80. The zero-order valence-corrected chi connectivity index (χ0v) is 12.4. The maximum absolute atomic E-state index is 13.2. The molecule has 1 aliphatic rings. The number of nitrogens with one attached hydrogen (secondary N) is 1. The zero-order chi connectivity index (χ0) is 14.8. The highest BCUT2D eigenvalue weighted by molar-refractivity contribution is 5.37. The molecule has 1 atom stereocenters. The largest absolute Gasteiger partial charge is 0.488 e. The van der Waals surface area contributed by atoms with E-state index in [-0.39, 0.29) is 11.9 Å². The number of rotatable bonds is 5. The predicted molar refractivity (Wildman–Crippen MR) is 78.8 cm³/mol. The molecule has 0 saturated heterocycles. The minimum Gasteiger partial charge on any atom is -0.488 e. The molecule has 1 aliphatic heterocycles. The van der Waals surface area contributed by atoms with Gasteiger partial charge >= 0.3 is 0 Å². The summed E-state index contributed by atoms with van der Waals surface area (Å²) in [6.45, 7) is 3.63. The molecule has 4 nitrogen and oxygen atoms in total. The average molecular weight is 289 g/mol. The number of aryl methyl sites for hydroxylation is 2. The first-order valence-corrected chi connectivity index (χ1v) is 7.33. The van der Waals surface area contributed by atoms with Crippen molar-refractivity contribution < 1.29 is 9.13 Å². The molecule has 0 radical (unpaired) electrons. The lowest BCUT2D eigenvalue weighted by Crippen LogP contribution is -2.29. The molecule has 0 saturated carbocycles. The van der Waals surface area contributed by atoms with Gasteiger partial charge in [0.1, 0.15) is 17.7 Å². The quantitative estimate of drug-likeness (QED) is 0.917. The first-order valence-electron chi connectivity index (χ1n) is 7.33. The summed E-state index contributed by atoms with van der Waals surface area (Å²) < 4.78 is 20.8. The van der Waals surface area contributed by atoms with Crippen LogP contribution in [0.2, 0.25) is 0 Å². The Labute approximate surface area is 123 Å². The lowest BCUT2D eigenvalue weighted by molar-refractivity contribution is 0.227. The normalized spacial score (nSPS) is 16.8. The van der Waals surface area contributed by atoms with Gasteiger partial charge in [-0.2, -0.15) is 5.10 Å². The summed E-state index contributed by atoms with van der Waals surface area (Å²) in [7, 11) is 1.94. The number of benzene rings is 1. The van der Waals surface area contributed by atoms with Crippen molar-refractivity contribution in [2.45, 2.75) is 32.4 Å². The highest BCUT2D eigenvalue weighted by atomic mass is 19.1. The van der Waals surface area contributed by atoms with E-state index >= 15 is 0 Å². The van der Waals surface area contributed by atoms with E-state index in [4.69, 9.17) is 4.74 Å². The Morgan fingerprint density at radius 3 is 3.14 bits per heavy atom. The second-order valence-corrected chi connectivity index (χ2v) is 5.46. The van der Waals surface area contributed by atoms with Crippen molar-refractivity contribution in [1.82, 2.24) is 15.1 Å². The molecule has 2 heterocycles. The van der Waals surface area contributed by atoms with Crippen LogP contribution in [-0.2, 0) is 26.4 Å². The van der Waals surface area contributed by atoms with E-state index < -0.39 is 0 Å². The van der Waals surface area contributed by atoms with E-state index in [0.29, 0.717) is 0 Å². The maximum Gasteiger partial charge on any atom is 0.123 e. The van der Waals surface area contributed by atoms with Crippen LogP contribution in [-0.4, -0.2) is 22.4 Å². The summed E-state index contributed by atoms with van der Waals surface area (Å²) in [6, 6.07) is 4.71.